The fourth-order valence-electron chi connectivity index (χ4n) is 0.385. The average Bonchev–Trinajstić information content (AvgIpc) is 2.41. The molecule has 0 spiro atoms. The molecule has 86 valence electrons. The standard InChI is InChI=1S/C6H6.C2H6.3F2/c1-2-4-6-5-3-1;4*1-2/h1-6H;1-2H3;;;. The summed E-state index contributed by atoms with van der Waals surface area (Å²) in [7, 11) is 0. The first-order chi connectivity index (χ1) is 7.00. The van der Waals surface area contributed by atoms with Crippen molar-refractivity contribution in [3.63, 3.8) is 0 Å². The van der Waals surface area contributed by atoms with Gasteiger partial charge in [0.25, 0.3) is 0 Å². The molecule has 0 aliphatic rings. The van der Waals surface area contributed by atoms with E-state index in [1.165, 1.54) is 0 Å². The summed E-state index contributed by atoms with van der Waals surface area (Å²) in [5.41, 5.74) is 0. The number of hydrogen-bond acceptors (Lipinski definition) is 0. The van der Waals surface area contributed by atoms with E-state index >= 15 is 0 Å². The predicted molar refractivity (Wildman–Crippen MR) is 44.4 cm³/mol. The molecule has 0 aliphatic heterocycles. The van der Waals surface area contributed by atoms with E-state index in [2.05, 4.69) is 0 Å². The van der Waals surface area contributed by atoms with Crippen LogP contribution in [0, 0.1) is 0 Å². The van der Waals surface area contributed by atoms with Crippen LogP contribution in [0.4, 0.5) is 27.4 Å². The van der Waals surface area contributed by atoms with Crippen molar-refractivity contribution in [2.75, 3.05) is 0 Å². The summed E-state index contributed by atoms with van der Waals surface area (Å²) in [6, 6.07) is 12.0. The Bertz CT molecular complexity index is 85.8. The van der Waals surface area contributed by atoms with Crippen LogP contribution in [0.1, 0.15) is 13.8 Å². The Morgan fingerprint density at radius 3 is 0.571 bits per heavy atom. The van der Waals surface area contributed by atoms with Crippen LogP contribution in [-0.2, 0) is 0 Å². The predicted octanol–water partition coefficient (Wildman–Crippen LogP) is 5.23. The maximum Gasteiger partial charge on any atom is 0 e. The van der Waals surface area contributed by atoms with Gasteiger partial charge in [0.1, 0.15) is 0 Å². The van der Waals surface area contributed by atoms with Gasteiger partial charge < -0.3 is 0 Å². The van der Waals surface area contributed by atoms with Gasteiger partial charge in [-0.2, -0.15) is 0 Å². The van der Waals surface area contributed by atoms with Crippen molar-refractivity contribution in [1.29, 1.82) is 0 Å². The van der Waals surface area contributed by atoms with Crippen molar-refractivity contribution in [3.05, 3.63) is 36.4 Å². The van der Waals surface area contributed by atoms with Crippen molar-refractivity contribution < 1.29 is 27.4 Å². The van der Waals surface area contributed by atoms with Crippen LogP contribution in [0.2, 0.25) is 0 Å². The minimum Gasteiger partial charge on any atom is -0.0683 e. The summed E-state index contributed by atoms with van der Waals surface area (Å²) in [5, 5.41) is 0. The molecule has 0 fully saturated rings. The largest absolute Gasteiger partial charge is 0.0683 e. The van der Waals surface area contributed by atoms with Gasteiger partial charge in [-0.25, -0.2) is 0 Å². The summed E-state index contributed by atoms with van der Waals surface area (Å²) in [4.78, 5) is 0. The molecule has 0 unspecified atom stereocenters. The highest BCUT2D eigenvalue weighted by Crippen LogP contribution is 1.79. The van der Waals surface area contributed by atoms with Crippen molar-refractivity contribution in [3.8, 4) is 0 Å². The Balaban J connectivity index is -0.0000000542. The van der Waals surface area contributed by atoms with Crippen LogP contribution < -0.4 is 0 Å². The van der Waals surface area contributed by atoms with Crippen LogP contribution in [0.3, 0.4) is 0 Å². The fourth-order valence-corrected chi connectivity index (χ4v) is 0.385. The highest BCUT2D eigenvalue weighted by Gasteiger charge is 1.57. The first kappa shape index (κ1) is 23.0. The fraction of sp³-hybridized carbons (Fsp3) is 0.250. The van der Waals surface area contributed by atoms with Gasteiger partial charge in [0.05, 0.1) is 0 Å². The number of benzene rings is 1. The van der Waals surface area contributed by atoms with E-state index in [0.717, 1.165) is 0 Å². The van der Waals surface area contributed by atoms with E-state index in [-0.39, 0.29) is 0 Å². The van der Waals surface area contributed by atoms with Crippen LogP contribution in [-0.4, -0.2) is 0 Å². The minimum absolute atomic E-state index is 2.00. The lowest BCUT2D eigenvalue weighted by atomic mass is 10.4. The third-order valence-electron chi connectivity index (χ3n) is 0.667. The zero-order valence-corrected chi connectivity index (χ0v) is 7.73. The lowest BCUT2D eigenvalue weighted by Gasteiger charge is -1.69. The first-order valence-corrected chi connectivity index (χ1v) is 3.43. The van der Waals surface area contributed by atoms with Crippen molar-refractivity contribution in [2.24, 2.45) is 0 Å². The lowest BCUT2D eigenvalue weighted by molar-refractivity contribution is 0.108. The molecule has 1 rings (SSSR count). The molecular weight excluding hydrogens is 210 g/mol. The second-order valence-electron chi connectivity index (χ2n) is 1.15. The number of rotatable bonds is 0. The summed E-state index contributed by atoms with van der Waals surface area (Å²) in [6.45, 7) is 4.00. The molecule has 0 N–H and O–H groups in total. The molecular formula is C8H12F6. The minimum atomic E-state index is 2.00. The quantitative estimate of drug-likeness (QED) is 0.527. The van der Waals surface area contributed by atoms with E-state index in [9.17, 15) is 0 Å². The molecule has 1 aromatic rings. The maximum atomic E-state index is 8.00. The first-order valence-electron chi connectivity index (χ1n) is 3.43. The Morgan fingerprint density at radius 1 is 0.429 bits per heavy atom. The van der Waals surface area contributed by atoms with Crippen LogP contribution in [0.5, 0.6) is 0 Å². The van der Waals surface area contributed by atoms with E-state index in [1.807, 2.05) is 50.2 Å². The van der Waals surface area contributed by atoms with Crippen molar-refractivity contribution in [1.82, 2.24) is 0 Å². The Morgan fingerprint density at radius 2 is 0.500 bits per heavy atom. The molecule has 0 aromatic heterocycles. The SMILES string of the molecule is CC.FF.FF.FF.c1ccccc1. The van der Waals surface area contributed by atoms with E-state index < -0.39 is 0 Å². The highest BCUT2D eigenvalue weighted by atomic mass is 20.0. The zero-order chi connectivity index (χ0) is 12.2. The van der Waals surface area contributed by atoms with Gasteiger partial charge in [0.15, 0.2) is 0 Å². The van der Waals surface area contributed by atoms with E-state index in [1.54, 1.807) is 0 Å². The van der Waals surface area contributed by atoms with E-state index in [4.69, 9.17) is 27.4 Å². The molecule has 14 heavy (non-hydrogen) atoms. The second kappa shape index (κ2) is 59.7. The van der Waals surface area contributed by atoms with Crippen molar-refractivity contribution >= 4 is 0 Å². The van der Waals surface area contributed by atoms with Gasteiger partial charge in [0, 0.05) is 27.4 Å². The Hall–Kier alpha value is -1.20. The average molecular weight is 222 g/mol. The van der Waals surface area contributed by atoms with Crippen LogP contribution >= 0.6 is 0 Å². The molecule has 0 saturated carbocycles. The van der Waals surface area contributed by atoms with Crippen LogP contribution in [0.15, 0.2) is 36.4 Å². The van der Waals surface area contributed by atoms with Crippen molar-refractivity contribution in [2.45, 2.75) is 13.8 Å². The second-order valence-corrected chi connectivity index (χ2v) is 1.15. The summed E-state index contributed by atoms with van der Waals surface area (Å²) < 4.78 is 48.0. The molecule has 0 bridgehead atoms. The molecule has 0 heterocycles. The third kappa shape index (κ3) is 45.0. The summed E-state index contributed by atoms with van der Waals surface area (Å²) in [6.07, 6.45) is 0. The normalized spacial score (nSPS) is 5.14. The molecule has 0 radical (unpaired) electrons. The smallest absolute Gasteiger partial charge is 0 e. The molecule has 0 nitrogen and oxygen atoms in total. The maximum absolute atomic E-state index is 8.00. The highest BCUT2D eigenvalue weighted by molar-refractivity contribution is 4.99. The van der Waals surface area contributed by atoms with Gasteiger partial charge in [-0.05, 0) is 0 Å². The van der Waals surface area contributed by atoms with Gasteiger partial charge >= 0.3 is 0 Å². The van der Waals surface area contributed by atoms with Gasteiger partial charge in [0.2, 0.25) is 0 Å². The lowest BCUT2D eigenvalue weighted by Crippen LogP contribution is -1.47. The molecule has 0 atom stereocenters. The zero-order valence-electron chi connectivity index (χ0n) is 7.73. The van der Waals surface area contributed by atoms with Gasteiger partial charge in [-0.15, -0.1) is 0 Å². The molecule has 0 saturated heterocycles. The number of hydrogen-bond donors (Lipinski definition) is 0. The van der Waals surface area contributed by atoms with Crippen LogP contribution in [0.25, 0.3) is 0 Å². The third-order valence-corrected chi connectivity index (χ3v) is 0.667. The van der Waals surface area contributed by atoms with Gasteiger partial charge in [-0.1, -0.05) is 50.2 Å². The summed E-state index contributed by atoms with van der Waals surface area (Å²) in [5.74, 6) is 0. The molecule has 6 heteroatoms. The number of halogens is 6. The molecule has 0 aliphatic carbocycles. The molecule has 0 amide bonds. The summed E-state index contributed by atoms with van der Waals surface area (Å²) >= 11 is 0. The van der Waals surface area contributed by atoms with E-state index in [0.29, 0.717) is 0 Å². The topological polar surface area (TPSA) is 0 Å². The Kier molecular flexibility index (Phi) is 98.2. The monoisotopic (exact) mass is 222 g/mol. The molecule has 1 aromatic carbocycles. The Labute approximate surface area is 78.8 Å². The van der Waals surface area contributed by atoms with Gasteiger partial charge in [-0.3, -0.25) is 0 Å².